The monoisotopic (exact) mass is 306 g/mol. The van der Waals surface area contributed by atoms with Crippen molar-refractivity contribution < 1.29 is 0 Å². The van der Waals surface area contributed by atoms with E-state index in [0.29, 0.717) is 27.5 Å². The lowest BCUT2D eigenvalue weighted by Gasteiger charge is -2.10. The Balaban J connectivity index is 2.44. The van der Waals surface area contributed by atoms with E-state index < -0.39 is 0 Å². The Morgan fingerprint density at radius 2 is 1.85 bits per heavy atom. The van der Waals surface area contributed by atoms with Gasteiger partial charge in [0.05, 0.1) is 11.2 Å². The lowest BCUT2D eigenvalue weighted by molar-refractivity contribution is 0.693. The normalized spacial score (nSPS) is 11.1. The van der Waals surface area contributed by atoms with Gasteiger partial charge in [0.25, 0.3) is 5.56 Å². The maximum absolute atomic E-state index is 12.5. The second-order valence-electron chi connectivity index (χ2n) is 4.28. The molecule has 0 fully saturated rings. The van der Waals surface area contributed by atoms with E-state index >= 15 is 0 Å². The number of nitrogens with zero attached hydrogens (tertiary/aromatic N) is 2. The third kappa shape index (κ3) is 1.90. The first kappa shape index (κ1) is 13.1. The third-order valence-corrected chi connectivity index (χ3v) is 4.30. The summed E-state index contributed by atoms with van der Waals surface area (Å²) < 4.78 is 3.38. The summed E-state index contributed by atoms with van der Waals surface area (Å²) in [6.07, 6.45) is 0. The van der Waals surface area contributed by atoms with E-state index in [1.807, 2.05) is 12.3 Å². The van der Waals surface area contributed by atoms with Crippen LogP contribution in [-0.4, -0.2) is 9.13 Å². The van der Waals surface area contributed by atoms with Gasteiger partial charge >= 0.3 is 5.69 Å². The Hall–Kier alpha value is -1.85. The largest absolute Gasteiger partial charge is 0.336 e. The van der Waals surface area contributed by atoms with E-state index in [2.05, 4.69) is 0 Å². The molecular weight excluding hydrogens is 296 g/mol. The zero-order chi connectivity index (χ0) is 14.3. The fourth-order valence-corrected chi connectivity index (χ4v) is 3.16. The fourth-order valence-electron chi connectivity index (χ4n) is 2.21. The predicted molar refractivity (Wildman–Crippen MR) is 82.4 cm³/mol. The maximum Gasteiger partial charge on any atom is 0.336 e. The van der Waals surface area contributed by atoms with Gasteiger partial charge in [-0.25, -0.2) is 9.36 Å². The van der Waals surface area contributed by atoms with Gasteiger partial charge in [-0.3, -0.25) is 9.36 Å². The Morgan fingerprint density at radius 1 is 1.15 bits per heavy atom. The van der Waals surface area contributed by atoms with Gasteiger partial charge in [0.2, 0.25) is 0 Å². The molecule has 0 bridgehead atoms. The SMILES string of the molecule is CCn1c(=O)n(-c2ccc(Cl)cc2)c(=O)c2sccc21. The molecule has 0 spiro atoms. The van der Waals surface area contributed by atoms with Crippen LogP contribution >= 0.6 is 22.9 Å². The van der Waals surface area contributed by atoms with Crippen molar-refractivity contribution in [2.45, 2.75) is 13.5 Å². The van der Waals surface area contributed by atoms with Gasteiger partial charge in [-0.05, 0) is 42.6 Å². The van der Waals surface area contributed by atoms with E-state index in [4.69, 9.17) is 11.6 Å². The minimum atomic E-state index is -0.328. The summed E-state index contributed by atoms with van der Waals surface area (Å²) in [5.74, 6) is 0. The number of halogens is 1. The summed E-state index contributed by atoms with van der Waals surface area (Å²) in [5, 5.41) is 2.39. The Labute approximate surface area is 123 Å². The van der Waals surface area contributed by atoms with Crippen LogP contribution in [0.2, 0.25) is 5.02 Å². The van der Waals surface area contributed by atoms with Gasteiger partial charge in [0.1, 0.15) is 4.70 Å². The van der Waals surface area contributed by atoms with Crippen molar-refractivity contribution in [2.24, 2.45) is 0 Å². The number of hydrogen-bond acceptors (Lipinski definition) is 3. The molecule has 2 heterocycles. The number of thiophene rings is 1. The van der Waals surface area contributed by atoms with Crippen LogP contribution in [0.4, 0.5) is 0 Å². The molecule has 2 aromatic heterocycles. The van der Waals surface area contributed by atoms with Crippen molar-refractivity contribution >= 4 is 33.2 Å². The van der Waals surface area contributed by atoms with Crippen LogP contribution in [0.25, 0.3) is 15.9 Å². The lowest BCUT2D eigenvalue weighted by Crippen LogP contribution is -2.38. The fraction of sp³-hybridized carbons (Fsp3) is 0.143. The van der Waals surface area contributed by atoms with Crippen LogP contribution in [-0.2, 0) is 6.54 Å². The summed E-state index contributed by atoms with van der Waals surface area (Å²) in [4.78, 5) is 25.0. The molecule has 0 aliphatic heterocycles. The molecule has 102 valence electrons. The molecule has 0 aliphatic carbocycles. The first-order valence-corrected chi connectivity index (χ1v) is 7.38. The molecule has 0 unspecified atom stereocenters. The Kier molecular flexibility index (Phi) is 3.23. The second kappa shape index (κ2) is 4.92. The minimum absolute atomic E-state index is 0.285. The van der Waals surface area contributed by atoms with Gasteiger partial charge in [0, 0.05) is 11.6 Å². The standard InChI is InChI=1S/C14H11ClN2O2S/c1-2-16-11-7-8-20-12(11)13(18)17(14(16)19)10-5-3-9(15)4-6-10/h3-8H,2H2,1H3. The molecule has 3 rings (SSSR count). The molecule has 20 heavy (non-hydrogen) atoms. The van der Waals surface area contributed by atoms with Crippen molar-refractivity contribution in [1.29, 1.82) is 0 Å². The zero-order valence-corrected chi connectivity index (χ0v) is 12.2. The van der Waals surface area contributed by atoms with E-state index in [1.54, 1.807) is 34.9 Å². The van der Waals surface area contributed by atoms with Crippen molar-refractivity contribution in [3.8, 4) is 5.69 Å². The van der Waals surface area contributed by atoms with E-state index in [1.165, 1.54) is 15.9 Å². The second-order valence-corrected chi connectivity index (χ2v) is 5.63. The first-order valence-electron chi connectivity index (χ1n) is 6.12. The molecule has 4 nitrogen and oxygen atoms in total. The summed E-state index contributed by atoms with van der Waals surface area (Å²) in [6.45, 7) is 2.40. The van der Waals surface area contributed by atoms with Crippen molar-refractivity contribution in [3.05, 3.63) is 61.6 Å². The summed E-state index contributed by atoms with van der Waals surface area (Å²) in [5.41, 5.74) is 0.609. The van der Waals surface area contributed by atoms with Crippen LogP contribution in [0, 0.1) is 0 Å². The smallest absolute Gasteiger partial charge is 0.292 e. The number of fused-ring (bicyclic) bond motifs is 1. The highest BCUT2D eigenvalue weighted by Gasteiger charge is 2.14. The quantitative estimate of drug-likeness (QED) is 0.730. The van der Waals surface area contributed by atoms with Crippen molar-refractivity contribution in [3.63, 3.8) is 0 Å². The van der Waals surface area contributed by atoms with Crippen LogP contribution in [0.1, 0.15) is 6.92 Å². The predicted octanol–water partition coefficient (Wildman–Crippen LogP) is 2.89. The highest BCUT2D eigenvalue weighted by atomic mass is 35.5. The molecule has 0 radical (unpaired) electrons. The van der Waals surface area contributed by atoms with E-state index in [9.17, 15) is 9.59 Å². The Morgan fingerprint density at radius 3 is 2.50 bits per heavy atom. The average molecular weight is 307 g/mol. The van der Waals surface area contributed by atoms with Crippen molar-refractivity contribution in [2.75, 3.05) is 0 Å². The van der Waals surface area contributed by atoms with Crippen LogP contribution in [0.15, 0.2) is 45.3 Å². The molecule has 0 N–H and O–H groups in total. The maximum atomic E-state index is 12.5. The summed E-state index contributed by atoms with van der Waals surface area (Å²) in [7, 11) is 0. The van der Waals surface area contributed by atoms with Crippen molar-refractivity contribution in [1.82, 2.24) is 9.13 Å². The molecule has 0 atom stereocenters. The van der Waals surface area contributed by atoms with Crippen LogP contribution in [0.5, 0.6) is 0 Å². The van der Waals surface area contributed by atoms with Crippen LogP contribution in [0.3, 0.4) is 0 Å². The molecule has 0 saturated carbocycles. The van der Waals surface area contributed by atoms with E-state index in [-0.39, 0.29) is 11.2 Å². The van der Waals surface area contributed by atoms with Gasteiger partial charge in [-0.15, -0.1) is 11.3 Å². The molecule has 6 heteroatoms. The highest BCUT2D eigenvalue weighted by Crippen LogP contribution is 2.17. The summed E-state index contributed by atoms with van der Waals surface area (Å²) >= 11 is 7.19. The molecule has 1 aromatic carbocycles. The lowest BCUT2D eigenvalue weighted by atomic mass is 10.3. The Bertz CT molecular complexity index is 890. The molecule has 0 aliphatic rings. The molecule has 0 saturated heterocycles. The highest BCUT2D eigenvalue weighted by molar-refractivity contribution is 7.17. The molecule has 0 amide bonds. The van der Waals surface area contributed by atoms with Gasteiger partial charge in [0.15, 0.2) is 0 Å². The summed E-state index contributed by atoms with van der Waals surface area (Å²) in [6, 6.07) is 8.48. The van der Waals surface area contributed by atoms with Gasteiger partial charge in [-0.1, -0.05) is 11.6 Å². The van der Waals surface area contributed by atoms with Gasteiger partial charge in [-0.2, -0.15) is 0 Å². The van der Waals surface area contributed by atoms with Gasteiger partial charge < -0.3 is 0 Å². The van der Waals surface area contributed by atoms with Crippen LogP contribution < -0.4 is 11.2 Å². The zero-order valence-electron chi connectivity index (χ0n) is 10.7. The molecule has 3 aromatic rings. The van der Waals surface area contributed by atoms with E-state index in [0.717, 1.165) is 0 Å². The minimum Gasteiger partial charge on any atom is -0.292 e. The number of benzene rings is 1. The average Bonchev–Trinajstić information content (AvgIpc) is 2.91. The third-order valence-electron chi connectivity index (χ3n) is 3.16. The number of rotatable bonds is 2. The number of aromatic nitrogens is 2. The molecular formula is C14H11ClN2O2S. The number of hydrogen-bond donors (Lipinski definition) is 0. The number of aryl methyl sites for hydroxylation is 1. The topological polar surface area (TPSA) is 44.0 Å². The first-order chi connectivity index (χ1) is 9.63.